The van der Waals surface area contributed by atoms with Gasteiger partial charge in [-0.1, -0.05) is 159 Å². The molecule has 0 spiro atoms. The average Bonchev–Trinajstić information content (AvgIpc) is 3.51. The van der Waals surface area contributed by atoms with E-state index >= 15 is 0 Å². The summed E-state index contributed by atoms with van der Waals surface area (Å²) in [5.41, 5.74) is 18.1. The van der Waals surface area contributed by atoms with Crippen LogP contribution in [-0.2, 0) is 5.41 Å². The molecule has 0 radical (unpaired) electrons. The molecule has 1 aliphatic rings. The predicted molar refractivity (Wildman–Crippen MR) is 246 cm³/mol. The molecule has 0 amide bonds. The van der Waals surface area contributed by atoms with Crippen molar-refractivity contribution in [1.82, 2.24) is 0 Å². The predicted octanol–water partition coefficient (Wildman–Crippen LogP) is 15.7. The first kappa shape index (κ1) is 35.3. The summed E-state index contributed by atoms with van der Waals surface area (Å²) >= 11 is 0. The second-order valence-corrected chi connectivity index (χ2v) is 15.8. The lowest BCUT2D eigenvalue weighted by Crippen LogP contribution is -2.17. The van der Waals surface area contributed by atoms with Gasteiger partial charge in [-0.25, -0.2) is 0 Å². The van der Waals surface area contributed by atoms with Gasteiger partial charge in [0, 0.05) is 39.4 Å². The molecule has 0 N–H and O–H groups in total. The van der Waals surface area contributed by atoms with Crippen molar-refractivity contribution in [2.45, 2.75) is 26.2 Å². The molecule has 9 aromatic rings. The molecule has 0 unspecified atom stereocenters. The lowest BCUT2D eigenvalue weighted by Gasteiger charge is -2.31. The van der Waals surface area contributed by atoms with E-state index in [0.29, 0.717) is 0 Å². The Bertz CT molecular complexity index is 2900. The smallest absolute Gasteiger partial charge is 0.0546 e. The Kier molecular flexibility index (Phi) is 8.76. The summed E-state index contributed by atoms with van der Waals surface area (Å²) in [6, 6.07) is 77.2. The van der Waals surface area contributed by atoms with Gasteiger partial charge in [0.1, 0.15) is 0 Å². The maximum absolute atomic E-state index is 2.46. The molecule has 0 saturated heterocycles. The minimum Gasteiger partial charge on any atom is -0.311 e. The van der Waals surface area contributed by atoms with Crippen molar-refractivity contribution in [2.75, 3.05) is 9.80 Å². The Hall–Kier alpha value is -7.16. The molecule has 9 aromatic carbocycles. The van der Waals surface area contributed by atoms with E-state index in [1.165, 1.54) is 60.8 Å². The fourth-order valence-electron chi connectivity index (χ4n) is 9.09. The molecular weight excluding hydrogens is 701 g/mol. The zero-order chi connectivity index (χ0) is 39.2. The van der Waals surface area contributed by atoms with E-state index in [9.17, 15) is 0 Å². The molecule has 0 heterocycles. The van der Waals surface area contributed by atoms with Gasteiger partial charge < -0.3 is 9.80 Å². The van der Waals surface area contributed by atoms with Crippen molar-refractivity contribution in [3.05, 3.63) is 229 Å². The van der Waals surface area contributed by atoms with Crippen LogP contribution in [0.5, 0.6) is 0 Å². The highest BCUT2D eigenvalue weighted by molar-refractivity contribution is 6.05. The lowest BCUT2D eigenvalue weighted by atomic mass is 9.82. The SMILES string of the molecule is Cc1cccc2c1-c1ccc(N(c3ccc(N(c4ccccc4)c4ccc(-c5ccccc5)cc4)cc3)c3ccc4ccccc4c3-c3ccccc3)cc1C2(C)C. The second kappa shape index (κ2) is 14.4. The number of anilines is 6. The van der Waals surface area contributed by atoms with E-state index in [4.69, 9.17) is 0 Å². The fourth-order valence-corrected chi connectivity index (χ4v) is 9.09. The molecular formula is C56H44N2. The van der Waals surface area contributed by atoms with Gasteiger partial charge >= 0.3 is 0 Å². The number of para-hydroxylation sites is 1. The van der Waals surface area contributed by atoms with E-state index in [1.54, 1.807) is 0 Å². The third-order valence-electron chi connectivity index (χ3n) is 12.0. The molecule has 1 aliphatic carbocycles. The van der Waals surface area contributed by atoms with Gasteiger partial charge in [-0.05, 0) is 129 Å². The van der Waals surface area contributed by atoms with E-state index in [1.807, 2.05) is 0 Å². The second-order valence-electron chi connectivity index (χ2n) is 15.8. The lowest BCUT2D eigenvalue weighted by molar-refractivity contribution is 0.660. The van der Waals surface area contributed by atoms with E-state index in [2.05, 4.69) is 243 Å². The maximum atomic E-state index is 2.46. The van der Waals surface area contributed by atoms with Crippen LogP contribution in [0.1, 0.15) is 30.5 Å². The van der Waals surface area contributed by atoms with Crippen LogP contribution in [0.25, 0.3) is 44.2 Å². The molecule has 2 heteroatoms. The van der Waals surface area contributed by atoms with Crippen molar-refractivity contribution >= 4 is 44.9 Å². The highest BCUT2D eigenvalue weighted by Gasteiger charge is 2.37. The van der Waals surface area contributed by atoms with Gasteiger partial charge in [0.25, 0.3) is 0 Å². The Balaban J connectivity index is 1.14. The summed E-state index contributed by atoms with van der Waals surface area (Å²) in [4.78, 5) is 4.80. The standard InChI is InChI=1S/C56H44N2/c1-39-16-15-25-51-54(39)50-36-35-48(38-52(50)56(51,2)3)58(53-37-28-42-19-13-14-24-49(42)55(53)43-20-9-5-10-21-43)47-33-31-46(32-34-47)57(44-22-11-6-12-23-44)45-29-26-41(27-30-45)40-17-7-4-8-18-40/h4-38H,1-3H3. The zero-order valence-electron chi connectivity index (χ0n) is 33.1. The van der Waals surface area contributed by atoms with Crippen molar-refractivity contribution in [1.29, 1.82) is 0 Å². The van der Waals surface area contributed by atoms with E-state index < -0.39 is 0 Å². The molecule has 0 aliphatic heterocycles. The molecule has 0 atom stereocenters. The topological polar surface area (TPSA) is 6.48 Å². The third kappa shape index (κ3) is 6.06. The minimum atomic E-state index is -0.139. The number of benzene rings is 9. The molecule has 0 aromatic heterocycles. The van der Waals surface area contributed by atoms with E-state index in [-0.39, 0.29) is 5.41 Å². The highest BCUT2D eigenvalue weighted by atomic mass is 15.2. The normalized spacial score (nSPS) is 12.5. The van der Waals surface area contributed by atoms with Gasteiger partial charge in [-0.2, -0.15) is 0 Å². The van der Waals surface area contributed by atoms with E-state index in [0.717, 1.165) is 34.1 Å². The summed E-state index contributed by atoms with van der Waals surface area (Å²) in [6.07, 6.45) is 0. The third-order valence-corrected chi connectivity index (χ3v) is 12.0. The van der Waals surface area contributed by atoms with Crippen LogP contribution in [0.15, 0.2) is 212 Å². The number of hydrogen-bond donors (Lipinski definition) is 0. The Morgan fingerprint density at radius 1 is 0.362 bits per heavy atom. The van der Waals surface area contributed by atoms with Crippen LogP contribution in [0.3, 0.4) is 0 Å². The molecule has 2 nitrogen and oxygen atoms in total. The maximum Gasteiger partial charge on any atom is 0.0546 e. The number of rotatable bonds is 8. The minimum absolute atomic E-state index is 0.139. The summed E-state index contributed by atoms with van der Waals surface area (Å²) in [6.45, 7) is 6.98. The highest BCUT2D eigenvalue weighted by Crippen LogP contribution is 2.53. The molecule has 0 fully saturated rings. The average molecular weight is 745 g/mol. The van der Waals surface area contributed by atoms with Gasteiger partial charge in [0.05, 0.1) is 5.69 Å². The molecule has 0 bridgehead atoms. The number of fused-ring (bicyclic) bond motifs is 4. The van der Waals surface area contributed by atoms with Crippen LogP contribution >= 0.6 is 0 Å². The number of nitrogens with zero attached hydrogens (tertiary/aromatic N) is 2. The van der Waals surface area contributed by atoms with Crippen molar-refractivity contribution in [3.63, 3.8) is 0 Å². The summed E-state index contributed by atoms with van der Waals surface area (Å²) < 4.78 is 0. The van der Waals surface area contributed by atoms with Crippen LogP contribution in [-0.4, -0.2) is 0 Å². The Morgan fingerprint density at radius 2 is 0.897 bits per heavy atom. The van der Waals surface area contributed by atoms with Gasteiger partial charge in [0.15, 0.2) is 0 Å². The van der Waals surface area contributed by atoms with Gasteiger partial charge in [-0.3, -0.25) is 0 Å². The summed E-state index contributed by atoms with van der Waals surface area (Å²) in [7, 11) is 0. The van der Waals surface area contributed by atoms with Crippen LogP contribution in [0.2, 0.25) is 0 Å². The summed E-state index contributed by atoms with van der Waals surface area (Å²) in [5, 5.41) is 2.45. The first-order valence-corrected chi connectivity index (χ1v) is 20.2. The largest absolute Gasteiger partial charge is 0.311 e. The van der Waals surface area contributed by atoms with Crippen LogP contribution in [0.4, 0.5) is 34.1 Å². The Labute approximate surface area is 341 Å². The van der Waals surface area contributed by atoms with Crippen molar-refractivity contribution in [2.24, 2.45) is 0 Å². The summed E-state index contributed by atoms with van der Waals surface area (Å²) in [5.74, 6) is 0. The first-order valence-electron chi connectivity index (χ1n) is 20.2. The van der Waals surface area contributed by atoms with Crippen LogP contribution in [0, 0.1) is 6.92 Å². The van der Waals surface area contributed by atoms with Crippen LogP contribution < -0.4 is 9.80 Å². The molecule has 0 saturated carbocycles. The zero-order valence-corrected chi connectivity index (χ0v) is 33.1. The quantitative estimate of drug-likeness (QED) is 0.153. The number of hydrogen-bond acceptors (Lipinski definition) is 2. The molecule has 58 heavy (non-hydrogen) atoms. The Morgan fingerprint density at radius 3 is 1.59 bits per heavy atom. The van der Waals surface area contributed by atoms with Crippen molar-refractivity contribution < 1.29 is 0 Å². The first-order chi connectivity index (χ1) is 28.5. The molecule has 278 valence electrons. The fraction of sp³-hybridized carbons (Fsp3) is 0.0714. The monoisotopic (exact) mass is 744 g/mol. The van der Waals surface area contributed by atoms with Gasteiger partial charge in [0.2, 0.25) is 0 Å². The number of aryl methyl sites for hydroxylation is 1. The molecule has 10 rings (SSSR count). The van der Waals surface area contributed by atoms with Crippen molar-refractivity contribution in [3.8, 4) is 33.4 Å². The van der Waals surface area contributed by atoms with Gasteiger partial charge in [-0.15, -0.1) is 0 Å².